The van der Waals surface area contributed by atoms with Crippen molar-refractivity contribution in [1.82, 2.24) is 4.72 Å². The highest BCUT2D eigenvalue weighted by Gasteiger charge is 2.42. The fraction of sp³-hybridized carbons (Fsp3) is 0.516. The Morgan fingerprint density at radius 2 is 1.85 bits per heavy atom. The second-order valence-corrected chi connectivity index (χ2v) is 14.1. The summed E-state index contributed by atoms with van der Waals surface area (Å²) >= 11 is 6.29. The number of benzene rings is 2. The molecule has 9 heteroatoms. The Labute approximate surface area is 241 Å². The maximum Gasteiger partial charge on any atom is 0.264 e. The molecule has 2 saturated carbocycles. The first-order valence-electron chi connectivity index (χ1n) is 14.5. The highest BCUT2D eigenvalue weighted by atomic mass is 35.5. The molecule has 4 aliphatic rings. The SMILES string of the molecule is O=C1NS(=O)(=O)[C@@H]2CC[C@H]2C/C=C/[C@H](O)[C@@H]2CC[C@H]2CN2CCCCc3cc(Cl)ccc3COc3ccc1cc32. The van der Waals surface area contributed by atoms with Gasteiger partial charge >= 0.3 is 0 Å². The van der Waals surface area contributed by atoms with Crippen LogP contribution in [0, 0.1) is 17.8 Å². The second-order valence-electron chi connectivity index (χ2n) is 11.8. The van der Waals surface area contributed by atoms with Gasteiger partial charge in [0.2, 0.25) is 10.0 Å². The third-order valence-corrected chi connectivity index (χ3v) is 11.5. The molecule has 0 saturated heterocycles. The molecule has 6 rings (SSSR count). The maximum atomic E-state index is 13.3. The van der Waals surface area contributed by atoms with Crippen molar-refractivity contribution in [1.29, 1.82) is 0 Å². The number of aliphatic hydroxyl groups excluding tert-OH is 1. The fourth-order valence-corrected chi connectivity index (χ4v) is 8.57. The normalized spacial score (nSPS) is 30.9. The number of nitrogens with zero attached hydrogens (tertiary/aromatic N) is 1. The summed E-state index contributed by atoms with van der Waals surface area (Å²) < 4.78 is 35.0. The van der Waals surface area contributed by atoms with Crippen LogP contribution in [0.3, 0.4) is 0 Å². The van der Waals surface area contributed by atoms with E-state index >= 15 is 0 Å². The topological polar surface area (TPSA) is 95.9 Å². The fourth-order valence-electron chi connectivity index (χ4n) is 6.65. The largest absolute Gasteiger partial charge is 0.487 e. The zero-order chi connectivity index (χ0) is 27.9. The number of hydrogen-bond donors (Lipinski definition) is 2. The van der Waals surface area contributed by atoms with Gasteiger partial charge in [0.05, 0.1) is 17.0 Å². The summed E-state index contributed by atoms with van der Waals surface area (Å²) in [6, 6.07) is 11.1. The van der Waals surface area contributed by atoms with Crippen LogP contribution in [0.25, 0.3) is 0 Å². The molecule has 2 aliphatic carbocycles. The molecule has 0 unspecified atom stereocenters. The maximum absolute atomic E-state index is 13.3. The van der Waals surface area contributed by atoms with Gasteiger partial charge in [0.1, 0.15) is 12.4 Å². The molecular weight excluding hydrogens is 548 g/mol. The van der Waals surface area contributed by atoms with E-state index in [-0.39, 0.29) is 11.8 Å². The van der Waals surface area contributed by atoms with Gasteiger partial charge < -0.3 is 14.7 Å². The molecule has 2 aliphatic heterocycles. The van der Waals surface area contributed by atoms with Crippen molar-refractivity contribution < 1.29 is 23.1 Å². The lowest BCUT2D eigenvalue weighted by molar-refractivity contribution is 0.0460. The molecule has 214 valence electrons. The van der Waals surface area contributed by atoms with Gasteiger partial charge in [0, 0.05) is 23.7 Å². The van der Waals surface area contributed by atoms with E-state index in [1.165, 1.54) is 5.56 Å². The van der Waals surface area contributed by atoms with Crippen molar-refractivity contribution in [3.8, 4) is 5.75 Å². The first-order valence-corrected chi connectivity index (χ1v) is 16.4. The minimum absolute atomic E-state index is 0.0482. The predicted octanol–water partition coefficient (Wildman–Crippen LogP) is 5.25. The van der Waals surface area contributed by atoms with E-state index in [0.717, 1.165) is 62.9 Å². The summed E-state index contributed by atoms with van der Waals surface area (Å²) in [6.07, 6.45) is 9.96. The number of allylic oxidation sites excluding steroid dienone is 1. The lowest BCUT2D eigenvalue weighted by Crippen LogP contribution is -2.47. The van der Waals surface area contributed by atoms with Gasteiger partial charge in [-0.25, -0.2) is 13.1 Å². The first-order chi connectivity index (χ1) is 19.3. The number of amides is 1. The molecule has 5 atom stereocenters. The van der Waals surface area contributed by atoms with Crippen LogP contribution in [0.4, 0.5) is 5.69 Å². The molecule has 2 aromatic carbocycles. The highest BCUT2D eigenvalue weighted by molar-refractivity contribution is 7.90. The summed E-state index contributed by atoms with van der Waals surface area (Å²) in [5, 5.41) is 11.1. The molecule has 0 aromatic heterocycles. The van der Waals surface area contributed by atoms with E-state index < -0.39 is 27.3 Å². The Bertz CT molecular complexity index is 1410. The van der Waals surface area contributed by atoms with E-state index in [1.807, 2.05) is 30.4 Å². The molecule has 2 bridgehead atoms. The molecule has 40 heavy (non-hydrogen) atoms. The van der Waals surface area contributed by atoms with Crippen molar-refractivity contribution >= 4 is 33.2 Å². The summed E-state index contributed by atoms with van der Waals surface area (Å²) in [4.78, 5) is 15.5. The molecule has 2 aromatic rings. The molecule has 2 heterocycles. The van der Waals surface area contributed by atoms with E-state index in [9.17, 15) is 18.3 Å². The monoisotopic (exact) mass is 584 g/mol. The Morgan fingerprint density at radius 3 is 2.62 bits per heavy atom. The molecular formula is C31H37ClN2O5S. The van der Waals surface area contributed by atoms with Crippen LogP contribution in [-0.4, -0.2) is 43.9 Å². The second kappa shape index (κ2) is 11.4. The minimum atomic E-state index is -3.82. The summed E-state index contributed by atoms with van der Waals surface area (Å²) in [5.74, 6) is 0.468. The van der Waals surface area contributed by atoms with Gasteiger partial charge in [-0.15, -0.1) is 0 Å². The Kier molecular flexibility index (Phi) is 7.85. The van der Waals surface area contributed by atoms with Crippen LogP contribution in [0.15, 0.2) is 48.6 Å². The van der Waals surface area contributed by atoms with Crippen LogP contribution < -0.4 is 14.4 Å². The summed E-state index contributed by atoms with van der Waals surface area (Å²) in [7, 11) is -3.82. The Balaban J connectivity index is 1.37. The summed E-state index contributed by atoms with van der Waals surface area (Å²) in [6.45, 7) is 1.86. The molecule has 2 fully saturated rings. The van der Waals surface area contributed by atoms with Crippen LogP contribution in [0.1, 0.15) is 66.4 Å². The van der Waals surface area contributed by atoms with E-state index in [2.05, 4.69) is 9.62 Å². The third kappa shape index (κ3) is 5.63. The van der Waals surface area contributed by atoms with E-state index in [0.29, 0.717) is 41.7 Å². The van der Waals surface area contributed by atoms with Crippen LogP contribution in [-0.2, 0) is 23.1 Å². The lowest BCUT2D eigenvalue weighted by atomic mass is 9.70. The quantitative estimate of drug-likeness (QED) is 0.411. The van der Waals surface area contributed by atoms with Gasteiger partial charge in [-0.2, -0.15) is 0 Å². The number of aliphatic hydroxyl groups is 1. The average molecular weight is 585 g/mol. The number of rotatable bonds is 0. The van der Waals surface area contributed by atoms with Crippen molar-refractivity contribution in [3.05, 3.63) is 70.3 Å². The number of sulfonamides is 1. The standard InChI is InChI=1S/C31H37ClN2O5S/c32-25-11-7-24-19-39-29-13-9-22-17-27(29)34(15-2-1-4-21(24)16-25)18-23-8-12-26(23)28(35)6-3-5-20-10-14-30(20)40(37,38)33-31(22)36/h3,6-7,9,11,13,16-17,20,23,26,28,30,35H,1-2,4-5,8,10,12,14-15,18-19H2,(H,33,36)/b6-3+/t20-,23+,26-,28+,30-/m1/s1. The van der Waals surface area contributed by atoms with Crippen LogP contribution in [0.5, 0.6) is 5.75 Å². The molecule has 0 spiro atoms. The number of aryl methyl sites for hydroxylation is 1. The number of hydrogen-bond acceptors (Lipinski definition) is 6. The molecule has 2 N–H and O–H groups in total. The van der Waals surface area contributed by atoms with Crippen LogP contribution in [0.2, 0.25) is 5.02 Å². The molecule has 7 nitrogen and oxygen atoms in total. The van der Waals surface area contributed by atoms with Gasteiger partial charge in [-0.05, 0) is 111 Å². The predicted molar refractivity (Wildman–Crippen MR) is 156 cm³/mol. The average Bonchev–Trinajstić information content (AvgIpc) is 2.90. The Morgan fingerprint density at radius 1 is 1.00 bits per heavy atom. The zero-order valence-electron chi connectivity index (χ0n) is 22.6. The molecule has 0 radical (unpaired) electrons. The number of carbonyl (C=O) groups excluding carboxylic acids is 1. The van der Waals surface area contributed by atoms with Crippen molar-refractivity contribution in [2.75, 3.05) is 18.0 Å². The number of anilines is 1. The first kappa shape index (κ1) is 27.6. The van der Waals surface area contributed by atoms with Gasteiger partial charge in [0.25, 0.3) is 5.91 Å². The van der Waals surface area contributed by atoms with Crippen molar-refractivity contribution in [2.45, 2.75) is 69.3 Å². The third-order valence-electron chi connectivity index (χ3n) is 9.36. The number of halogens is 1. The number of carbonyl (C=O) groups is 1. The Hall–Kier alpha value is -2.55. The van der Waals surface area contributed by atoms with E-state index in [1.54, 1.807) is 18.2 Å². The number of ether oxygens (including phenoxy) is 1. The molecule has 1 amide bonds. The van der Waals surface area contributed by atoms with Crippen molar-refractivity contribution in [2.24, 2.45) is 17.8 Å². The lowest BCUT2D eigenvalue weighted by Gasteiger charge is -2.43. The smallest absolute Gasteiger partial charge is 0.264 e. The van der Waals surface area contributed by atoms with E-state index in [4.69, 9.17) is 16.3 Å². The number of fused-ring (bicyclic) bond motifs is 4. The van der Waals surface area contributed by atoms with Crippen molar-refractivity contribution in [3.63, 3.8) is 0 Å². The number of nitrogens with one attached hydrogen (secondary N) is 1. The highest BCUT2D eigenvalue weighted by Crippen LogP contribution is 2.42. The zero-order valence-corrected chi connectivity index (χ0v) is 24.2. The van der Waals surface area contributed by atoms with Crippen LogP contribution >= 0.6 is 11.6 Å². The van der Waals surface area contributed by atoms with Gasteiger partial charge in [0.15, 0.2) is 0 Å². The minimum Gasteiger partial charge on any atom is -0.487 e. The van der Waals surface area contributed by atoms with Gasteiger partial charge in [-0.3, -0.25) is 4.79 Å². The van der Waals surface area contributed by atoms with Gasteiger partial charge in [-0.1, -0.05) is 29.8 Å². The summed E-state index contributed by atoms with van der Waals surface area (Å²) in [5.41, 5.74) is 3.34.